The first kappa shape index (κ1) is 11.8. The van der Waals surface area contributed by atoms with Crippen molar-refractivity contribution in [2.24, 2.45) is 0 Å². The zero-order valence-corrected chi connectivity index (χ0v) is 10.1. The molecule has 84 valence electrons. The van der Waals surface area contributed by atoms with E-state index >= 15 is 0 Å². The third kappa shape index (κ3) is 2.85. The van der Waals surface area contributed by atoms with Gasteiger partial charge in [-0.3, -0.25) is 0 Å². The van der Waals surface area contributed by atoms with Crippen molar-refractivity contribution in [1.29, 1.82) is 0 Å². The molecular weight excluding hydrogens is 186 g/mol. The van der Waals surface area contributed by atoms with Gasteiger partial charge in [0.25, 0.3) is 0 Å². The molecule has 1 rings (SSSR count). The number of hydrogen-bond acceptors (Lipinski definition) is 3. The minimum atomic E-state index is 0.472. The van der Waals surface area contributed by atoms with E-state index in [1.807, 2.05) is 6.07 Å². The highest BCUT2D eigenvalue weighted by atomic mass is 15.2. The van der Waals surface area contributed by atoms with Gasteiger partial charge >= 0.3 is 0 Å². The molecule has 0 aliphatic carbocycles. The van der Waals surface area contributed by atoms with Gasteiger partial charge in [-0.05, 0) is 38.8 Å². The maximum absolute atomic E-state index is 5.70. The van der Waals surface area contributed by atoms with Gasteiger partial charge in [0.05, 0.1) is 11.9 Å². The SMILES string of the molecule is CCCN(c1ncc(N)cc1C)C(C)C. The number of aromatic nitrogens is 1. The summed E-state index contributed by atoms with van der Waals surface area (Å²) in [6, 6.07) is 2.45. The molecule has 0 aliphatic heterocycles. The van der Waals surface area contributed by atoms with Gasteiger partial charge in [0.1, 0.15) is 5.82 Å². The van der Waals surface area contributed by atoms with E-state index in [1.165, 1.54) is 0 Å². The zero-order valence-electron chi connectivity index (χ0n) is 10.1. The van der Waals surface area contributed by atoms with Crippen LogP contribution in [-0.2, 0) is 0 Å². The molecule has 0 unspecified atom stereocenters. The molecule has 0 aliphatic rings. The molecule has 2 N–H and O–H groups in total. The minimum Gasteiger partial charge on any atom is -0.397 e. The zero-order chi connectivity index (χ0) is 11.4. The Morgan fingerprint density at radius 3 is 2.60 bits per heavy atom. The molecule has 3 heteroatoms. The molecule has 15 heavy (non-hydrogen) atoms. The second-order valence-corrected chi connectivity index (χ2v) is 4.20. The van der Waals surface area contributed by atoms with Gasteiger partial charge in [0.2, 0.25) is 0 Å². The lowest BCUT2D eigenvalue weighted by atomic mass is 10.2. The third-order valence-electron chi connectivity index (χ3n) is 2.43. The highest BCUT2D eigenvalue weighted by Crippen LogP contribution is 2.21. The molecule has 0 spiro atoms. The fraction of sp³-hybridized carbons (Fsp3) is 0.583. The maximum atomic E-state index is 5.70. The monoisotopic (exact) mass is 207 g/mol. The van der Waals surface area contributed by atoms with Crippen LogP contribution in [0.4, 0.5) is 11.5 Å². The topological polar surface area (TPSA) is 42.2 Å². The van der Waals surface area contributed by atoms with Crippen LogP contribution in [0.15, 0.2) is 12.3 Å². The molecule has 0 saturated heterocycles. The van der Waals surface area contributed by atoms with Crippen LogP contribution in [0, 0.1) is 6.92 Å². The summed E-state index contributed by atoms with van der Waals surface area (Å²) in [6.07, 6.45) is 2.86. The second-order valence-electron chi connectivity index (χ2n) is 4.20. The van der Waals surface area contributed by atoms with Crippen LogP contribution >= 0.6 is 0 Å². The van der Waals surface area contributed by atoms with Crippen molar-refractivity contribution in [3.05, 3.63) is 17.8 Å². The lowest BCUT2D eigenvalue weighted by Crippen LogP contribution is -2.32. The van der Waals surface area contributed by atoms with Crippen molar-refractivity contribution < 1.29 is 0 Å². The van der Waals surface area contributed by atoms with Crippen molar-refractivity contribution in [1.82, 2.24) is 4.98 Å². The summed E-state index contributed by atoms with van der Waals surface area (Å²) < 4.78 is 0. The Hall–Kier alpha value is -1.25. The molecule has 0 fully saturated rings. The van der Waals surface area contributed by atoms with Crippen LogP contribution in [0.2, 0.25) is 0 Å². The first-order chi connectivity index (χ1) is 7.06. The normalized spacial score (nSPS) is 10.7. The largest absolute Gasteiger partial charge is 0.397 e. The summed E-state index contributed by atoms with van der Waals surface area (Å²) in [4.78, 5) is 6.73. The van der Waals surface area contributed by atoms with E-state index < -0.39 is 0 Å². The van der Waals surface area contributed by atoms with E-state index in [9.17, 15) is 0 Å². The lowest BCUT2D eigenvalue weighted by molar-refractivity contribution is 0.660. The van der Waals surface area contributed by atoms with Gasteiger partial charge in [0.15, 0.2) is 0 Å². The standard InChI is InChI=1S/C12H21N3/c1-5-6-15(9(2)3)12-10(4)7-11(13)8-14-12/h7-9H,5-6,13H2,1-4H3. The number of rotatable bonds is 4. The number of nitrogens with two attached hydrogens (primary N) is 1. The Kier molecular flexibility index (Phi) is 3.95. The van der Waals surface area contributed by atoms with Crippen molar-refractivity contribution in [3.8, 4) is 0 Å². The Balaban J connectivity index is 3.00. The first-order valence-electron chi connectivity index (χ1n) is 5.55. The molecule has 1 aromatic rings. The third-order valence-corrected chi connectivity index (χ3v) is 2.43. The Labute approximate surface area is 92.3 Å². The van der Waals surface area contributed by atoms with E-state index in [4.69, 9.17) is 5.73 Å². The fourth-order valence-corrected chi connectivity index (χ4v) is 1.74. The van der Waals surface area contributed by atoms with Gasteiger partial charge in [0, 0.05) is 12.6 Å². The molecule has 0 radical (unpaired) electrons. The summed E-state index contributed by atoms with van der Waals surface area (Å²) in [5.41, 5.74) is 7.58. The molecule has 3 nitrogen and oxygen atoms in total. The van der Waals surface area contributed by atoms with Crippen molar-refractivity contribution >= 4 is 11.5 Å². The molecule has 1 heterocycles. The number of aryl methyl sites for hydroxylation is 1. The second kappa shape index (κ2) is 5.01. The fourth-order valence-electron chi connectivity index (χ4n) is 1.74. The van der Waals surface area contributed by atoms with Gasteiger partial charge < -0.3 is 10.6 Å². The van der Waals surface area contributed by atoms with Crippen LogP contribution in [0.1, 0.15) is 32.8 Å². The first-order valence-corrected chi connectivity index (χ1v) is 5.55. The van der Waals surface area contributed by atoms with Crippen LogP contribution in [0.5, 0.6) is 0 Å². The summed E-state index contributed by atoms with van der Waals surface area (Å²) in [6.45, 7) is 9.65. The van der Waals surface area contributed by atoms with Gasteiger partial charge in [-0.25, -0.2) is 4.98 Å². The smallest absolute Gasteiger partial charge is 0.131 e. The maximum Gasteiger partial charge on any atom is 0.131 e. The van der Waals surface area contributed by atoms with Gasteiger partial charge in [-0.15, -0.1) is 0 Å². The quantitative estimate of drug-likeness (QED) is 0.825. The molecular formula is C12H21N3. The van der Waals surface area contributed by atoms with E-state index in [0.29, 0.717) is 6.04 Å². The van der Waals surface area contributed by atoms with Crippen molar-refractivity contribution in [2.75, 3.05) is 17.2 Å². The van der Waals surface area contributed by atoms with Crippen LogP contribution in [0.25, 0.3) is 0 Å². The molecule has 0 bridgehead atoms. The van der Waals surface area contributed by atoms with Crippen molar-refractivity contribution in [3.63, 3.8) is 0 Å². The summed E-state index contributed by atoms with van der Waals surface area (Å²) in [7, 11) is 0. The Bertz CT molecular complexity index is 321. The van der Waals surface area contributed by atoms with Crippen LogP contribution < -0.4 is 10.6 Å². The summed E-state index contributed by atoms with van der Waals surface area (Å²) in [5, 5.41) is 0. The Morgan fingerprint density at radius 2 is 2.13 bits per heavy atom. The minimum absolute atomic E-state index is 0.472. The molecule has 0 atom stereocenters. The average Bonchev–Trinajstić information content (AvgIpc) is 2.15. The molecule has 1 aromatic heterocycles. The number of anilines is 2. The van der Waals surface area contributed by atoms with E-state index in [2.05, 4.69) is 37.6 Å². The van der Waals surface area contributed by atoms with Gasteiger partial charge in [-0.2, -0.15) is 0 Å². The molecule has 0 amide bonds. The molecule has 0 aromatic carbocycles. The predicted octanol–water partition coefficient (Wildman–Crippen LogP) is 2.60. The summed E-state index contributed by atoms with van der Waals surface area (Å²) in [5.74, 6) is 1.06. The number of nitrogen functional groups attached to an aromatic ring is 1. The molecule has 0 saturated carbocycles. The van der Waals surface area contributed by atoms with Crippen LogP contribution in [0.3, 0.4) is 0 Å². The van der Waals surface area contributed by atoms with E-state index in [-0.39, 0.29) is 0 Å². The number of hydrogen-bond donors (Lipinski definition) is 1. The predicted molar refractivity (Wildman–Crippen MR) is 66.2 cm³/mol. The number of pyridine rings is 1. The van der Waals surface area contributed by atoms with E-state index in [0.717, 1.165) is 30.0 Å². The average molecular weight is 207 g/mol. The lowest BCUT2D eigenvalue weighted by Gasteiger charge is -2.28. The number of nitrogens with zero attached hydrogens (tertiary/aromatic N) is 2. The summed E-state index contributed by atoms with van der Waals surface area (Å²) >= 11 is 0. The van der Waals surface area contributed by atoms with Gasteiger partial charge in [-0.1, -0.05) is 6.92 Å². The van der Waals surface area contributed by atoms with E-state index in [1.54, 1.807) is 6.20 Å². The highest BCUT2D eigenvalue weighted by molar-refractivity contribution is 5.53. The highest BCUT2D eigenvalue weighted by Gasteiger charge is 2.13. The Morgan fingerprint density at radius 1 is 1.47 bits per heavy atom. The van der Waals surface area contributed by atoms with Crippen LogP contribution in [-0.4, -0.2) is 17.6 Å². The van der Waals surface area contributed by atoms with Crippen molar-refractivity contribution in [2.45, 2.75) is 40.2 Å².